The number of hydrogen-bond donors (Lipinski definition) is 0. The summed E-state index contributed by atoms with van der Waals surface area (Å²) in [6, 6.07) is 15.4. The van der Waals surface area contributed by atoms with E-state index < -0.39 is 23.3 Å². The van der Waals surface area contributed by atoms with Crippen LogP contribution in [0.15, 0.2) is 95.2 Å². The molecular formula is C28H13F4N5. The second-order valence-corrected chi connectivity index (χ2v) is 7.68. The van der Waals surface area contributed by atoms with Crippen molar-refractivity contribution in [2.45, 2.75) is 0 Å². The monoisotopic (exact) mass is 495 g/mol. The van der Waals surface area contributed by atoms with Crippen molar-refractivity contribution >= 4 is 22.7 Å². The van der Waals surface area contributed by atoms with Gasteiger partial charge in [-0.1, -0.05) is 18.2 Å². The van der Waals surface area contributed by atoms with Crippen LogP contribution in [-0.4, -0.2) is 5.71 Å². The first-order valence-electron chi connectivity index (χ1n) is 10.6. The number of anilines is 2. The van der Waals surface area contributed by atoms with E-state index in [1.165, 1.54) is 30.4 Å². The van der Waals surface area contributed by atoms with E-state index in [4.69, 9.17) is 5.26 Å². The minimum Gasteiger partial charge on any atom is -0.308 e. The molecule has 0 aliphatic heterocycles. The topological polar surface area (TPSA) is 87.0 Å². The molecule has 3 aromatic carbocycles. The number of rotatable bonds is 4. The summed E-state index contributed by atoms with van der Waals surface area (Å²) in [6.45, 7) is 0. The smallest absolute Gasteiger partial charge is 0.206 e. The van der Waals surface area contributed by atoms with E-state index in [-0.39, 0.29) is 28.4 Å². The second-order valence-electron chi connectivity index (χ2n) is 7.68. The molecule has 0 fully saturated rings. The van der Waals surface area contributed by atoms with Gasteiger partial charge in [0, 0.05) is 12.1 Å². The summed E-state index contributed by atoms with van der Waals surface area (Å²) in [5, 5.41) is 28.2. The average Bonchev–Trinajstić information content (AvgIpc) is 2.85. The molecule has 0 saturated heterocycles. The summed E-state index contributed by atoms with van der Waals surface area (Å²) in [7, 11) is 0. The van der Waals surface area contributed by atoms with Gasteiger partial charge < -0.3 is 4.90 Å². The molecule has 1 aliphatic rings. The summed E-state index contributed by atoms with van der Waals surface area (Å²) >= 11 is 0. The van der Waals surface area contributed by atoms with E-state index in [0.717, 1.165) is 29.2 Å². The molecule has 0 radical (unpaired) electrons. The Hall–Kier alpha value is -5.46. The van der Waals surface area contributed by atoms with Gasteiger partial charge in [0.05, 0.1) is 40.0 Å². The molecule has 0 saturated carbocycles. The van der Waals surface area contributed by atoms with E-state index in [1.807, 2.05) is 6.07 Å². The molecule has 5 nitrogen and oxygen atoms in total. The van der Waals surface area contributed by atoms with Crippen molar-refractivity contribution in [2.24, 2.45) is 4.99 Å². The molecule has 0 heterocycles. The molecule has 9 heteroatoms. The highest BCUT2D eigenvalue weighted by atomic mass is 19.1. The van der Waals surface area contributed by atoms with Crippen LogP contribution < -0.4 is 4.90 Å². The van der Waals surface area contributed by atoms with E-state index in [0.29, 0.717) is 28.8 Å². The fourth-order valence-electron chi connectivity index (χ4n) is 3.78. The van der Waals surface area contributed by atoms with Gasteiger partial charge in [-0.25, -0.2) is 17.6 Å². The zero-order chi connectivity index (χ0) is 26.5. The van der Waals surface area contributed by atoms with Crippen LogP contribution in [0.25, 0.3) is 5.57 Å². The molecule has 0 unspecified atom stereocenters. The lowest BCUT2D eigenvalue weighted by Gasteiger charge is -2.29. The maximum Gasteiger partial charge on any atom is 0.206 e. The first-order chi connectivity index (χ1) is 17.8. The standard InChI is InChI=1S/C28H13F4N5/c29-20-8-21(30)11-24(10-20)37(25-12-22(31)9-23(32)13-25)28-7-19(5-6-27(28)36-16-35)26(15-34)18-3-1-17(14-33)2-4-18/h1-13H/b26-19+,36-27?. The Morgan fingerprint density at radius 2 is 1.27 bits per heavy atom. The molecule has 1 aliphatic carbocycles. The van der Waals surface area contributed by atoms with Gasteiger partial charge >= 0.3 is 0 Å². The third-order valence-corrected chi connectivity index (χ3v) is 5.30. The summed E-state index contributed by atoms with van der Waals surface area (Å²) < 4.78 is 56.8. The van der Waals surface area contributed by atoms with Crippen molar-refractivity contribution < 1.29 is 17.6 Å². The van der Waals surface area contributed by atoms with Gasteiger partial charge in [-0.05, 0) is 59.7 Å². The Morgan fingerprint density at radius 1 is 0.730 bits per heavy atom. The van der Waals surface area contributed by atoms with Gasteiger partial charge in [-0.15, -0.1) is 0 Å². The first kappa shape index (κ1) is 24.7. The Bertz CT molecular complexity index is 1550. The summed E-state index contributed by atoms with van der Waals surface area (Å²) in [6.07, 6.45) is 5.95. The molecule has 0 spiro atoms. The van der Waals surface area contributed by atoms with Crippen molar-refractivity contribution in [1.82, 2.24) is 0 Å². The third kappa shape index (κ3) is 5.30. The predicted molar refractivity (Wildman–Crippen MR) is 129 cm³/mol. The molecule has 4 rings (SSSR count). The Kier molecular flexibility index (Phi) is 6.95. The number of aliphatic imine (C=N–C) groups is 1. The lowest BCUT2D eigenvalue weighted by atomic mass is 9.94. The maximum absolute atomic E-state index is 14.2. The third-order valence-electron chi connectivity index (χ3n) is 5.30. The summed E-state index contributed by atoms with van der Waals surface area (Å²) in [4.78, 5) is 4.88. The van der Waals surface area contributed by atoms with Gasteiger partial charge in [-0.2, -0.15) is 20.8 Å². The lowest BCUT2D eigenvalue weighted by molar-refractivity contribution is 0.582. The van der Waals surface area contributed by atoms with Crippen LogP contribution in [0.1, 0.15) is 11.1 Å². The normalized spacial score (nSPS) is 14.8. The maximum atomic E-state index is 14.2. The minimum absolute atomic E-state index is 0.0118. The molecular weight excluding hydrogens is 482 g/mol. The number of nitriles is 3. The Labute approximate surface area is 209 Å². The highest BCUT2D eigenvalue weighted by Crippen LogP contribution is 2.36. The van der Waals surface area contributed by atoms with Crippen LogP contribution in [-0.2, 0) is 0 Å². The zero-order valence-corrected chi connectivity index (χ0v) is 18.8. The fraction of sp³-hybridized carbons (Fsp3) is 0. The SMILES string of the molecule is N#CN=C1C=C/C(=C(/C#N)c2ccc(C#N)cc2)C=C1N(c1cc(F)cc(F)c1)c1cc(F)cc(F)c1. The van der Waals surface area contributed by atoms with Crippen molar-refractivity contribution in [1.29, 1.82) is 15.8 Å². The highest BCUT2D eigenvalue weighted by molar-refractivity contribution is 6.15. The molecule has 178 valence electrons. The highest BCUT2D eigenvalue weighted by Gasteiger charge is 2.24. The van der Waals surface area contributed by atoms with Crippen LogP contribution in [0, 0.1) is 57.4 Å². The molecule has 0 bridgehead atoms. The van der Waals surface area contributed by atoms with Crippen LogP contribution >= 0.6 is 0 Å². The van der Waals surface area contributed by atoms with Crippen molar-refractivity contribution in [2.75, 3.05) is 4.90 Å². The Balaban J connectivity index is 2.01. The molecule has 0 aromatic heterocycles. The molecule has 0 amide bonds. The van der Waals surface area contributed by atoms with Crippen molar-refractivity contribution in [3.05, 3.63) is 125 Å². The quantitative estimate of drug-likeness (QED) is 0.232. The van der Waals surface area contributed by atoms with Crippen molar-refractivity contribution in [3.8, 4) is 18.3 Å². The number of halogens is 4. The van der Waals surface area contributed by atoms with Crippen LogP contribution in [0.4, 0.5) is 28.9 Å². The minimum atomic E-state index is -0.950. The van der Waals surface area contributed by atoms with Gasteiger partial charge in [0.25, 0.3) is 0 Å². The number of nitrogens with zero attached hydrogens (tertiary/aromatic N) is 5. The molecule has 0 atom stereocenters. The molecule has 0 N–H and O–H groups in total. The second kappa shape index (κ2) is 10.4. The zero-order valence-electron chi connectivity index (χ0n) is 18.8. The summed E-state index contributed by atoms with van der Waals surface area (Å²) in [5.41, 5.74) is 1.09. The fourth-order valence-corrected chi connectivity index (χ4v) is 3.78. The van der Waals surface area contributed by atoms with E-state index >= 15 is 0 Å². The van der Waals surface area contributed by atoms with Crippen LogP contribution in [0.2, 0.25) is 0 Å². The van der Waals surface area contributed by atoms with Crippen LogP contribution in [0.5, 0.6) is 0 Å². The van der Waals surface area contributed by atoms with E-state index in [1.54, 1.807) is 18.3 Å². The van der Waals surface area contributed by atoms with Gasteiger partial charge in [0.2, 0.25) is 6.19 Å². The van der Waals surface area contributed by atoms with E-state index in [9.17, 15) is 28.1 Å². The Morgan fingerprint density at radius 3 is 1.73 bits per heavy atom. The number of hydrogen-bond acceptors (Lipinski definition) is 5. The number of allylic oxidation sites excluding steroid dienone is 5. The van der Waals surface area contributed by atoms with Gasteiger partial charge in [0.15, 0.2) is 0 Å². The lowest BCUT2D eigenvalue weighted by Crippen LogP contribution is -2.24. The number of benzene rings is 3. The van der Waals surface area contributed by atoms with Gasteiger partial charge in [-0.3, -0.25) is 0 Å². The summed E-state index contributed by atoms with van der Waals surface area (Å²) in [5.74, 6) is -3.80. The average molecular weight is 495 g/mol. The molecule has 37 heavy (non-hydrogen) atoms. The van der Waals surface area contributed by atoms with Gasteiger partial charge in [0.1, 0.15) is 29.3 Å². The van der Waals surface area contributed by atoms with Crippen LogP contribution in [0.3, 0.4) is 0 Å². The van der Waals surface area contributed by atoms with Crippen molar-refractivity contribution in [3.63, 3.8) is 0 Å². The largest absolute Gasteiger partial charge is 0.308 e. The first-order valence-corrected chi connectivity index (χ1v) is 10.6. The van der Waals surface area contributed by atoms with E-state index in [2.05, 4.69) is 11.1 Å². The molecule has 3 aromatic rings. The predicted octanol–water partition coefficient (Wildman–Crippen LogP) is 6.61.